The van der Waals surface area contributed by atoms with Crippen LogP contribution in [0.1, 0.15) is 19.3 Å². The molecule has 0 aromatic heterocycles. The van der Waals surface area contributed by atoms with E-state index in [1.807, 2.05) is 42.7 Å². The van der Waals surface area contributed by atoms with Crippen LogP contribution in [0.2, 0.25) is 0 Å². The zero-order valence-corrected chi connectivity index (χ0v) is 14.6. The van der Waals surface area contributed by atoms with Gasteiger partial charge in [-0.1, -0.05) is 0 Å². The molecule has 0 fully saturated rings. The van der Waals surface area contributed by atoms with E-state index in [0.29, 0.717) is 0 Å². The summed E-state index contributed by atoms with van der Waals surface area (Å²) >= 11 is 7.22. The number of rotatable bonds is 3. The van der Waals surface area contributed by atoms with Gasteiger partial charge in [0, 0.05) is 0 Å². The molecule has 2 nitrogen and oxygen atoms in total. The molecular weight excluding hydrogens is 439 g/mol. The average Bonchev–Trinajstić information content (AvgIpc) is 2.41. The summed E-state index contributed by atoms with van der Waals surface area (Å²) < 4.78 is 4.19. The van der Waals surface area contributed by atoms with Crippen LogP contribution in [0.5, 0.6) is 0 Å². The summed E-state index contributed by atoms with van der Waals surface area (Å²) in [6.07, 6.45) is 7.13. The molecule has 91 valence electrons. The Bertz CT molecular complexity index is 492. The summed E-state index contributed by atoms with van der Waals surface area (Å²) in [7, 11) is 0. The standard InChI is InChI=1S/C14H14ClN2.Pb/c15-14-11(9-16)5-4-6-12(14)10-17-13-7-2-1-3-8-13;/h1-3,7-10,17H,4-6H2;/q-1;+1/b12-10+;. The van der Waals surface area contributed by atoms with Gasteiger partial charge in [-0.25, -0.2) is 0 Å². The summed E-state index contributed by atoms with van der Waals surface area (Å²) in [5.74, 6) is 0. The van der Waals surface area contributed by atoms with Crippen molar-refractivity contribution in [3.8, 4) is 0 Å². The molecule has 1 aromatic carbocycles. The van der Waals surface area contributed by atoms with E-state index in [0.717, 1.165) is 56.0 Å². The zero-order chi connectivity index (χ0) is 12.8. The molecule has 0 aliphatic heterocycles. The Labute approximate surface area is 129 Å². The van der Waals surface area contributed by atoms with Crippen molar-refractivity contribution in [2.45, 2.75) is 19.3 Å². The van der Waals surface area contributed by atoms with Crippen molar-refractivity contribution in [1.82, 2.24) is 0 Å². The molecule has 1 aromatic rings. The zero-order valence-electron chi connectivity index (χ0n) is 9.99. The molecule has 1 aliphatic rings. The quantitative estimate of drug-likeness (QED) is 0.547. The van der Waals surface area contributed by atoms with Crippen LogP contribution < -0.4 is 5.32 Å². The van der Waals surface area contributed by atoms with E-state index in [4.69, 9.17) is 11.6 Å². The molecule has 0 amide bonds. The van der Waals surface area contributed by atoms with Gasteiger partial charge in [-0.05, 0) is 0 Å². The number of hydrogen-bond donors (Lipinski definition) is 1. The molecule has 2 rings (SSSR count). The van der Waals surface area contributed by atoms with E-state index >= 15 is 0 Å². The average molecular weight is 453 g/mol. The van der Waals surface area contributed by atoms with Crippen LogP contribution in [0.25, 0.3) is 0 Å². The van der Waals surface area contributed by atoms with Crippen LogP contribution in [-0.2, 0) is 0 Å². The molecule has 0 saturated heterocycles. The minimum atomic E-state index is 0.831. The minimum absolute atomic E-state index is 0.831. The molecule has 0 heterocycles. The van der Waals surface area contributed by atoms with E-state index in [9.17, 15) is 0 Å². The molecule has 4 heteroatoms. The Balaban J connectivity index is 2.15. The van der Waals surface area contributed by atoms with Gasteiger partial charge < -0.3 is 0 Å². The molecule has 1 N–H and O–H groups in total. The number of benzene rings is 1. The molecule has 3 radical (unpaired) electrons. The molecule has 0 atom stereocenters. The van der Waals surface area contributed by atoms with Gasteiger partial charge in [-0.15, -0.1) is 0 Å². The number of halogens is 1. The number of allylic oxidation sites excluding steroid dienone is 3. The van der Waals surface area contributed by atoms with Crippen molar-refractivity contribution < 1.29 is 0 Å². The van der Waals surface area contributed by atoms with Crippen LogP contribution in [0.3, 0.4) is 0 Å². The van der Waals surface area contributed by atoms with Crippen LogP contribution in [0.4, 0.5) is 5.69 Å². The number of anilines is 1. The Morgan fingerprint density at radius 3 is 2.72 bits per heavy atom. The van der Waals surface area contributed by atoms with Crippen LogP contribution in [-0.4, -0.2) is 32.3 Å². The van der Waals surface area contributed by atoms with Gasteiger partial charge in [0.2, 0.25) is 0 Å². The van der Waals surface area contributed by atoms with Crippen molar-refractivity contribution in [1.29, 1.82) is 0 Å². The molecule has 0 spiro atoms. The summed E-state index contributed by atoms with van der Waals surface area (Å²) in [5, 5.41) is 4.16. The van der Waals surface area contributed by atoms with Gasteiger partial charge >= 0.3 is 130 Å². The third-order valence-corrected chi connectivity index (χ3v) is 3.85. The molecular formula is C14H14ClN2Pb. The summed E-state index contributed by atoms with van der Waals surface area (Å²) in [6.45, 7) is 0. The second-order valence-electron chi connectivity index (χ2n) is 4.13. The Hall–Kier alpha value is -0.618. The summed E-state index contributed by atoms with van der Waals surface area (Å²) in [6, 6.07) is 10.1. The van der Waals surface area contributed by atoms with Crippen LogP contribution in [0, 0.1) is 0 Å². The number of hydrogen-bond acceptors (Lipinski definition) is 2. The van der Waals surface area contributed by atoms with E-state index < -0.39 is 0 Å². The number of nitrogens with one attached hydrogen (secondary N) is 1. The van der Waals surface area contributed by atoms with E-state index in [1.54, 1.807) is 0 Å². The predicted molar refractivity (Wildman–Crippen MR) is 79.1 cm³/mol. The third-order valence-electron chi connectivity index (χ3n) is 2.86. The van der Waals surface area contributed by atoms with Crippen molar-refractivity contribution in [3.05, 3.63) is 52.7 Å². The summed E-state index contributed by atoms with van der Waals surface area (Å²) in [4.78, 5) is 0. The SMILES string of the molecule is ClC1=C(/C=[N]/[Pb])CCC/C1=C\Nc1ccccc1. The van der Waals surface area contributed by atoms with E-state index in [-0.39, 0.29) is 0 Å². The first-order valence-electron chi connectivity index (χ1n) is 5.90. The van der Waals surface area contributed by atoms with Gasteiger partial charge in [-0.3, -0.25) is 0 Å². The van der Waals surface area contributed by atoms with Crippen molar-refractivity contribution in [3.63, 3.8) is 0 Å². The van der Waals surface area contributed by atoms with Crippen LogP contribution >= 0.6 is 11.6 Å². The first-order valence-corrected chi connectivity index (χ1v) is 8.02. The monoisotopic (exact) mass is 453 g/mol. The van der Waals surface area contributed by atoms with E-state index in [1.165, 1.54) is 11.1 Å². The summed E-state index contributed by atoms with van der Waals surface area (Å²) in [5.41, 5.74) is 3.42. The maximum absolute atomic E-state index is 6.39. The van der Waals surface area contributed by atoms with E-state index in [2.05, 4.69) is 8.12 Å². The Kier molecular flexibility index (Phi) is 5.44. The molecule has 0 bridgehead atoms. The van der Waals surface area contributed by atoms with Crippen molar-refractivity contribution in [2.75, 3.05) is 5.32 Å². The van der Waals surface area contributed by atoms with Gasteiger partial charge in [-0.2, -0.15) is 0 Å². The first-order chi connectivity index (χ1) is 8.81. The topological polar surface area (TPSA) is 24.4 Å². The van der Waals surface area contributed by atoms with Crippen LogP contribution in [0.15, 0.2) is 55.5 Å². The maximum atomic E-state index is 6.39. The van der Waals surface area contributed by atoms with Gasteiger partial charge in [0.05, 0.1) is 0 Å². The first kappa shape index (κ1) is 13.8. The fourth-order valence-electron chi connectivity index (χ4n) is 1.93. The molecule has 1 aliphatic carbocycles. The molecule has 18 heavy (non-hydrogen) atoms. The second kappa shape index (κ2) is 7.09. The Morgan fingerprint density at radius 2 is 2.00 bits per heavy atom. The van der Waals surface area contributed by atoms with Gasteiger partial charge in [0.15, 0.2) is 0 Å². The third kappa shape index (κ3) is 3.69. The normalized spacial score (nSPS) is 18.7. The molecule has 0 saturated carbocycles. The molecule has 0 unspecified atom stereocenters. The van der Waals surface area contributed by atoms with Crippen molar-refractivity contribution in [2.24, 2.45) is 2.80 Å². The fourth-order valence-corrected chi connectivity index (χ4v) is 2.83. The number of para-hydroxylation sites is 1. The number of nitrogens with zero attached hydrogens (tertiary/aromatic N) is 1. The van der Waals surface area contributed by atoms with Crippen molar-refractivity contribution >= 4 is 49.6 Å². The van der Waals surface area contributed by atoms with Gasteiger partial charge in [0.1, 0.15) is 0 Å². The van der Waals surface area contributed by atoms with Gasteiger partial charge in [0.25, 0.3) is 0 Å². The second-order valence-corrected chi connectivity index (χ2v) is 5.51. The Morgan fingerprint density at radius 1 is 1.22 bits per heavy atom. The predicted octanol–water partition coefficient (Wildman–Crippen LogP) is 3.81. The fraction of sp³-hybridized carbons (Fsp3) is 0.214.